The molecule has 1 fully saturated rings. The van der Waals surface area contributed by atoms with Crippen molar-refractivity contribution in [3.05, 3.63) is 70.3 Å². The van der Waals surface area contributed by atoms with Gasteiger partial charge in [0.2, 0.25) is 0 Å². The van der Waals surface area contributed by atoms with E-state index >= 15 is 0 Å². The largest absolute Gasteiger partial charge is 0.452 e. The van der Waals surface area contributed by atoms with Gasteiger partial charge in [0.25, 0.3) is 5.91 Å². The van der Waals surface area contributed by atoms with Crippen molar-refractivity contribution >= 4 is 17.7 Å². The highest BCUT2D eigenvalue weighted by atomic mass is 16.5. The second-order valence-electron chi connectivity index (χ2n) is 7.70. The molecule has 0 spiro atoms. The van der Waals surface area contributed by atoms with E-state index in [0.717, 1.165) is 30.4 Å². The number of hydrogen-bond donors (Lipinski definition) is 0. The molecule has 3 rings (SSSR count). The van der Waals surface area contributed by atoms with E-state index in [1.54, 1.807) is 29.2 Å². The predicted octanol–water partition coefficient (Wildman–Crippen LogP) is 4.09. The van der Waals surface area contributed by atoms with Crippen LogP contribution in [0.3, 0.4) is 0 Å². The zero-order valence-corrected chi connectivity index (χ0v) is 17.2. The molecule has 0 saturated carbocycles. The standard InChI is InChI=1S/C24H27NO4/c1-16-11-12-17(2)21(14-16)23(27)19-9-4-5-10-20(19)24(28)29-15-22(26)25-13-7-6-8-18(25)3/h4-5,9-12,14,18H,6-8,13,15H2,1-3H3/t18-/m1/s1. The summed E-state index contributed by atoms with van der Waals surface area (Å²) in [5.74, 6) is -1.07. The van der Waals surface area contributed by atoms with Crippen molar-refractivity contribution in [2.45, 2.75) is 46.1 Å². The third-order valence-electron chi connectivity index (χ3n) is 5.48. The lowest BCUT2D eigenvalue weighted by molar-refractivity contribution is -0.137. The van der Waals surface area contributed by atoms with Gasteiger partial charge < -0.3 is 9.64 Å². The fraction of sp³-hybridized carbons (Fsp3) is 0.375. The number of carbonyl (C=O) groups is 3. The summed E-state index contributed by atoms with van der Waals surface area (Å²) in [5, 5.41) is 0. The number of ether oxygens (including phenoxy) is 1. The molecule has 152 valence electrons. The van der Waals surface area contributed by atoms with Gasteiger partial charge in [0, 0.05) is 23.7 Å². The van der Waals surface area contributed by atoms with Crippen molar-refractivity contribution in [2.75, 3.05) is 13.2 Å². The highest BCUT2D eigenvalue weighted by Crippen LogP contribution is 2.20. The zero-order chi connectivity index (χ0) is 21.0. The summed E-state index contributed by atoms with van der Waals surface area (Å²) in [7, 11) is 0. The number of aryl methyl sites for hydroxylation is 2. The Balaban J connectivity index is 1.76. The highest BCUT2D eigenvalue weighted by molar-refractivity contribution is 6.15. The molecule has 5 heteroatoms. The smallest absolute Gasteiger partial charge is 0.339 e. The Morgan fingerprint density at radius 2 is 1.72 bits per heavy atom. The number of amides is 1. The Hall–Kier alpha value is -2.95. The minimum absolute atomic E-state index is 0.160. The van der Waals surface area contributed by atoms with Crippen LogP contribution in [-0.2, 0) is 9.53 Å². The number of nitrogens with zero attached hydrogens (tertiary/aromatic N) is 1. The minimum atomic E-state index is -0.655. The van der Waals surface area contributed by atoms with Gasteiger partial charge in [-0.25, -0.2) is 4.79 Å². The number of likely N-dealkylation sites (tertiary alicyclic amines) is 1. The Morgan fingerprint density at radius 1 is 1.00 bits per heavy atom. The molecule has 0 N–H and O–H groups in total. The van der Waals surface area contributed by atoms with E-state index in [2.05, 4.69) is 0 Å². The van der Waals surface area contributed by atoms with E-state index in [1.807, 2.05) is 39.0 Å². The number of hydrogen-bond acceptors (Lipinski definition) is 4. The molecule has 2 aromatic carbocycles. The molecule has 0 aromatic heterocycles. The predicted molar refractivity (Wildman–Crippen MR) is 111 cm³/mol. The summed E-state index contributed by atoms with van der Waals surface area (Å²) in [6.45, 7) is 6.18. The van der Waals surface area contributed by atoms with Gasteiger partial charge in [-0.3, -0.25) is 9.59 Å². The SMILES string of the molecule is Cc1ccc(C)c(C(=O)c2ccccc2C(=O)OCC(=O)N2CCCC[C@H]2C)c1. The number of ketones is 1. The molecule has 2 aromatic rings. The van der Waals surface area contributed by atoms with Gasteiger partial charge >= 0.3 is 5.97 Å². The van der Waals surface area contributed by atoms with Crippen LogP contribution in [0.15, 0.2) is 42.5 Å². The first-order valence-corrected chi connectivity index (χ1v) is 10.1. The number of rotatable bonds is 5. The number of benzene rings is 2. The minimum Gasteiger partial charge on any atom is -0.452 e. The first-order valence-electron chi connectivity index (χ1n) is 10.1. The first-order chi connectivity index (χ1) is 13.9. The summed E-state index contributed by atoms with van der Waals surface area (Å²) in [6, 6.07) is 12.4. The Morgan fingerprint density at radius 3 is 2.45 bits per heavy atom. The third kappa shape index (κ3) is 4.73. The van der Waals surface area contributed by atoms with Crippen molar-refractivity contribution in [3.8, 4) is 0 Å². The van der Waals surface area contributed by atoms with E-state index in [-0.39, 0.29) is 35.5 Å². The molecular weight excluding hydrogens is 366 g/mol. The van der Waals surface area contributed by atoms with Crippen LogP contribution in [0.1, 0.15) is 63.6 Å². The first kappa shape index (κ1) is 20.8. The van der Waals surface area contributed by atoms with Crippen molar-refractivity contribution in [1.29, 1.82) is 0 Å². The molecule has 0 radical (unpaired) electrons. The molecule has 1 aliphatic heterocycles. The molecule has 29 heavy (non-hydrogen) atoms. The highest BCUT2D eigenvalue weighted by Gasteiger charge is 2.25. The van der Waals surface area contributed by atoms with Gasteiger partial charge in [0.05, 0.1) is 5.56 Å². The quantitative estimate of drug-likeness (QED) is 0.567. The fourth-order valence-electron chi connectivity index (χ4n) is 3.74. The van der Waals surface area contributed by atoms with Gasteiger partial charge in [-0.15, -0.1) is 0 Å². The third-order valence-corrected chi connectivity index (χ3v) is 5.48. The van der Waals surface area contributed by atoms with Crippen LogP contribution in [-0.4, -0.2) is 41.8 Å². The Labute approximate surface area is 171 Å². The van der Waals surface area contributed by atoms with E-state index in [9.17, 15) is 14.4 Å². The molecule has 0 unspecified atom stereocenters. The van der Waals surface area contributed by atoms with Crippen molar-refractivity contribution < 1.29 is 19.1 Å². The lowest BCUT2D eigenvalue weighted by Gasteiger charge is -2.33. The maximum absolute atomic E-state index is 13.1. The molecule has 1 saturated heterocycles. The molecule has 5 nitrogen and oxygen atoms in total. The van der Waals surface area contributed by atoms with Crippen LogP contribution in [0.4, 0.5) is 0 Å². The molecule has 0 bridgehead atoms. The van der Waals surface area contributed by atoms with Crippen LogP contribution < -0.4 is 0 Å². The average molecular weight is 393 g/mol. The fourth-order valence-corrected chi connectivity index (χ4v) is 3.74. The van der Waals surface area contributed by atoms with Crippen molar-refractivity contribution in [3.63, 3.8) is 0 Å². The molecular formula is C24H27NO4. The van der Waals surface area contributed by atoms with Gasteiger partial charge in [0.15, 0.2) is 12.4 Å². The van der Waals surface area contributed by atoms with Crippen LogP contribution in [0.2, 0.25) is 0 Å². The lowest BCUT2D eigenvalue weighted by atomic mass is 9.94. The molecule has 0 aliphatic carbocycles. The average Bonchev–Trinajstić information content (AvgIpc) is 2.73. The van der Waals surface area contributed by atoms with Gasteiger partial charge in [-0.2, -0.15) is 0 Å². The maximum Gasteiger partial charge on any atom is 0.339 e. The van der Waals surface area contributed by atoms with Gasteiger partial charge in [-0.1, -0.05) is 35.9 Å². The number of carbonyl (C=O) groups excluding carboxylic acids is 3. The van der Waals surface area contributed by atoms with Gasteiger partial charge in [0.1, 0.15) is 0 Å². The summed E-state index contributed by atoms with van der Waals surface area (Å²) in [5.41, 5.74) is 2.84. The van der Waals surface area contributed by atoms with E-state index in [4.69, 9.17) is 4.74 Å². The molecule has 1 aliphatic rings. The summed E-state index contributed by atoms with van der Waals surface area (Å²) in [4.78, 5) is 40.0. The van der Waals surface area contributed by atoms with Crippen LogP contribution in [0.5, 0.6) is 0 Å². The Bertz CT molecular complexity index is 934. The second-order valence-corrected chi connectivity index (χ2v) is 7.70. The van der Waals surface area contributed by atoms with E-state index in [0.29, 0.717) is 12.1 Å². The van der Waals surface area contributed by atoms with E-state index < -0.39 is 5.97 Å². The second kappa shape index (κ2) is 9.03. The summed E-state index contributed by atoms with van der Waals surface area (Å²) < 4.78 is 5.29. The van der Waals surface area contributed by atoms with Crippen LogP contribution in [0, 0.1) is 13.8 Å². The van der Waals surface area contributed by atoms with Crippen molar-refractivity contribution in [1.82, 2.24) is 4.90 Å². The topological polar surface area (TPSA) is 63.7 Å². The van der Waals surface area contributed by atoms with Crippen molar-refractivity contribution in [2.24, 2.45) is 0 Å². The van der Waals surface area contributed by atoms with E-state index in [1.165, 1.54) is 0 Å². The van der Waals surface area contributed by atoms with Crippen LogP contribution >= 0.6 is 0 Å². The number of esters is 1. The maximum atomic E-state index is 13.1. The summed E-state index contributed by atoms with van der Waals surface area (Å²) in [6.07, 6.45) is 3.04. The summed E-state index contributed by atoms with van der Waals surface area (Å²) >= 11 is 0. The van der Waals surface area contributed by atoms with Gasteiger partial charge in [-0.05, 0) is 57.7 Å². The lowest BCUT2D eigenvalue weighted by Crippen LogP contribution is -2.44. The molecule has 1 atom stereocenters. The Kier molecular flexibility index (Phi) is 6.47. The monoisotopic (exact) mass is 393 g/mol. The number of piperidine rings is 1. The van der Waals surface area contributed by atoms with Crippen LogP contribution in [0.25, 0.3) is 0 Å². The zero-order valence-electron chi connectivity index (χ0n) is 17.2. The normalized spacial score (nSPS) is 16.4. The molecule has 1 amide bonds. The molecule has 1 heterocycles.